The van der Waals surface area contributed by atoms with Crippen LogP contribution in [0.2, 0.25) is 0 Å². The highest BCUT2D eigenvalue weighted by Crippen LogP contribution is 2.40. The van der Waals surface area contributed by atoms with Crippen molar-refractivity contribution in [2.75, 3.05) is 18.9 Å². The molecule has 0 aromatic heterocycles. The van der Waals surface area contributed by atoms with Crippen molar-refractivity contribution in [3.63, 3.8) is 0 Å². The number of nitrogens with two attached hydrogens (primary N) is 1. The molecular weight excluding hydrogens is 502 g/mol. The largest absolute Gasteiger partial charge is 0.507 e. The van der Waals surface area contributed by atoms with Crippen molar-refractivity contribution in [1.29, 1.82) is 0 Å². The van der Waals surface area contributed by atoms with Gasteiger partial charge in [0.1, 0.15) is 24.4 Å². The van der Waals surface area contributed by atoms with E-state index in [-0.39, 0.29) is 36.4 Å². The molecule has 0 spiro atoms. The summed E-state index contributed by atoms with van der Waals surface area (Å²) in [5.41, 5.74) is 6.49. The lowest BCUT2D eigenvalue weighted by molar-refractivity contribution is -0.139. The van der Waals surface area contributed by atoms with Crippen molar-refractivity contribution in [3.05, 3.63) is 28.8 Å². The van der Waals surface area contributed by atoms with Crippen molar-refractivity contribution >= 4 is 35.5 Å². The number of thioether (sulfide) groups is 1. The maximum atomic E-state index is 12.5. The van der Waals surface area contributed by atoms with Gasteiger partial charge in [0.05, 0.1) is 6.61 Å². The zero-order valence-corrected chi connectivity index (χ0v) is 22.8. The van der Waals surface area contributed by atoms with Crippen LogP contribution in [0.15, 0.2) is 12.1 Å². The Hall–Kier alpha value is -2.83. The van der Waals surface area contributed by atoms with Crippen LogP contribution < -0.4 is 16.4 Å². The number of nitrogens with one attached hydrogen (secondary N) is 2. The molecule has 0 fully saturated rings. The molecule has 2 amide bonds. The van der Waals surface area contributed by atoms with E-state index in [1.165, 1.54) is 11.8 Å². The fourth-order valence-corrected chi connectivity index (χ4v) is 4.38. The molecule has 0 saturated heterocycles. The van der Waals surface area contributed by atoms with E-state index < -0.39 is 47.8 Å². The summed E-state index contributed by atoms with van der Waals surface area (Å²) in [6, 6.07) is 1.39. The molecule has 8 N–H and O–H groups in total. The quantitative estimate of drug-likeness (QED) is 0.179. The number of aliphatic carboxylic acids is 2. The van der Waals surface area contributed by atoms with E-state index in [0.29, 0.717) is 16.9 Å². The predicted octanol–water partition coefficient (Wildman–Crippen LogP) is 1.07. The van der Waals surface area contributed by atoms with E-state index in [2.05, 4.69) is 10.6 Å². The van der Waals surface area contributed by atoms with Crippen molar-refractivity contribution in [1.82, 2.24) is 10.6 Å². The van der Waals surface area contributed by atoms with E-state index >= 15 is 0 Å². The molecule has 0 aliphatic carbocycles. The molecule has 37 heavy (non-hydrogen) atoms. The maximum Gasteiger partial charge on any atom is 0.322 e. The van der Waals surface area contributed by atoms with Crippen molar-refractivity contribution < 1.29 is 39.6 Å². The minimum absolute atomic E-state index is 0.104. The third-order valence-electron chi connectivity index (χ3n) is 5.72. The van der Waals surface area contributed by atoms with Gasteiger partial charge in [-0.1, -0.05) is 46.8 Å². The van der Waals surface area contributed by atoms with Gasteiger partial charge in [-0.15, -0.1) is 0 Å². The predicted molar refractivity (Wildman–Crippen MR) is 141 cm³/mol. The first-order valence-corrected chi connectivity index (χ1v) is 13.0. The number of carboxylic acid groups (broad SMARTS) is 2. The van der Waals surface area contributed by atoms with E-state index in [0.717, 1.165) is 5.56 Å². The van der Waals surface area contributed by atoms with Gasteiger partial charge in [-0.2, -0.15) is 11.8 Å². The molecule has 0 aliphatic rings. The van der Waals surface area contributed by atoms with Gasteiger partial charge in [0.25, 0.3) is 0 Å². The second kappa shape index (κ2) is 13.6. The SMILES string of the molecule is CC(C)(C)c1cc(CSCC(NC(=O)CCC(N)C(=O)O)C(=O)NCC(=O)O)cc(C(C)(C)CO)c1O. The summed E-state index contributed by atoms with van der Waals surface area (Å²) in [5.74, 6) is -3.12. The van der Waals surface area contributed by atoms with Gasteiger partial charge in [0.15, 0.2) is 0 Å². The monoisotopic (exact) mass is 541 g/mol. The summed E-state index contributed by atoms with van der Waals surface area (Å²) >= 11 is 1.31. The Morgan fingerprint density at radius 1 is 1.05 bits per heavy atom. The lowest BCUT2D eigenvalue weighted by Gasteiger charge is -2.29. The molecule has 208 valence electrons. The maximum absolute atomic E-state index is 12.5. The molecule has 0 saturated carbocycles. The van der Waals surface area contributed by atoms with E-state index in [1.807, 2.05) is 40.7 Å². The molecule has 1 rings (SSSR count). The highest BCUT2D eigenvalue weighted by atomic mass is 32.2. The number of carboxylic acids is 2. The molecule has 1 aromatic rings. The number of aliphatic hydroxyl groups is 1. The van der Waals surface area contributed by atoms with Gasteiger partial charge in [-0.3, -0.25) is 19.2 Å². The molecule has 2 unspecified atom stereocenters. The van der Waals surface area contributed by atoms with Crippen LogP contribution in [0.1, 0.15) is 64.2 Å². The third kappa shape index (κ3) is 10.2. The van der Waals surface area contributed by atoms with Crippen molar-refractivity contribution in [2.24, 2.45) is 5.73 Å². The van der Waals surface area contributed by atoms with Gasteiger partial charge in [-0.05, 0) is 23.0 Å². The van der Waals surface area contributed by atoms with E-state index in [9.17, 15) is 29.4 Å². The van der Waals surface area contributed by atoms with Gasteiger partial charge in [0.2, 0.25) is 11.8 Å². The smallest absolute Gasteiger partial charge is 0.322 e. The highest BCUT2D eigenvalue weighted by Gasteiger charge is 2.29. The zero-order chi connectivity index (χ0) is 28.6. The fourth-order valence-electron chi connectivity index (χ4n) is 3.39. The lowest BCUT2D eigenvalue weighted by atomic mass is 9.78. The number of aromatic hydroxyl groups is 1. The number of rotatable bonds is 14. The molecule has 1 aromatic carbocycles. The van der Waals surface area contributed by atoms with Crippen molar-refractivity contribution in [2.45, 2.75) is 76.1 Å². The topological polar surface area (TPSA) is 199 Å². The molecule has 0 bridgehead atoms. The van der Waals surface area contributed by atoms with Crippen LogP contribution in [0, 0.1) is 0 Å². The summed E-state index contributed by atoms with van der Waals surface area (Å²) in [4.78, 5) is 46.6. The second-order valence-corrected chi connectivity index (χ2v) is 11.6. The number of aliphatic hydroxyl groups excluding tert-OH is 1. The van der Waals surface area contributed by atoms with Crippen LogP contribution in [0.5, 0.6) is 5.75 Å². The Kier molecular flexibility index (Phi) is 11.9. The Bertz CT molecular complexity index is 991. The van der Waals surface area contributed by atoms with Crippen LogP contribution in [0.3, 0.4) is 0 Å². The number of carbonyl (C=O) groups is 4. The molecule has 0 heterocycles. The van der Waals surface area contributed by atoms with E-state index in [1.54, 1.807) is 6.07 Å². The summed E-state index contributed by atoms with van der Waals surface area (Å²) in [6.45, 7) is 8.73. The van der Waals surface area contributed by atoms with Gasteiger partial charge in [-0.25, -0.2) is 0 Å². The number of carbonyl (C=O) groups excluding carboxylic acids is 2. The molecule has 2 atom stereocenters. The van der Waals surface area contributed by atoms with Crippen LogP contribution >= 0.6 is 11.8 Å². The molecule has 0 radical (unpaired) electrons. The van der Waals surface area contributed by atoms with Gasteiger partial charge >= 0.3 is 11.9 Å². The summed E-state index contributed by atoms with van der Waals surface area (Å²) in [7, 11) is 0. The van der Waals surface area contributed by atoms with Gasteiger partial charge < -0.3 is 36.8 Å². The average molecular weight is 542 g/mol. The summed E-state index contributed by atoms with van der Waals surface area (Å²) in [6.07, 6.45) is -0.336. The zero-order valence-electron chi connectivity index (χ0n) is 22.0. The summed E-state index contributed by atoms with van der Waals surface area (Å²) in [5, 5.41) is 43.3. The first-order chi connectivity index (χ1) is 17.0. The lowest BCUT2D eigenvalue weighted by Crippen LogP contribution is -2.49. The van der Waals surface area contributed by atoms with Crippen molar-refractivity contribution in [3.8, 4) is 5.75 Å². The van der Waals surface area contributed by atoms with E-state index in [4.69, 9.17) is 15.9 Å². The molecule has 11 nitrogen and oxygen atoms in total. The molecule has 12 heteroatoms. The van der Waals surface area contributed by atoms with Gasteiger partial charge in [0, 0.05) is 28.9 Å². The number of hydrogen-bond donors (Lipinski definition) is 7. The first kappa shape index (κ1) is 32.2. The number of hydrogen-bond acceptors (Lipinski definition) is 8. The van der Waals surface area contributed by atoms with Crippen LogP contribution in [-0.4, -0.2) is 75.2 Å². The number of phenols is 1. The number of amides is 2. The third-order valence-corrected chi connectivity index (χ3v) is 6.83. The Labute approximate surface area is 221 Å². The standard InChI is InChI=1S/C25H39N3O8S/c1-24(2,3)15-8-14(9-16(21(15)33)25(4,5)13-29)11-37-12-18(22(34)27-10-20(31)32)28-19(30)7-6-17(26)23(35)36/h8-9,17-18,29,33H,6-7,10-13,26H2,1-5H3,(H,27,34)(H,28,30)(H,31,32)(H,35,36). The molecular formula is C25H39N3O8S. The normalized spacial score (nSPS) is 13.5. The fraction of sp³-hybridized carbons (Fsp3) is 0.600. The second-order valence-electron chi connectivity index (χ2n) is 10.6. The number of phenolic OH excluding ortho intramolecular Hbond substituents is 1. The summed E-state index contributed by atoms with van der Waals surface area (Å²) < 4.78 is 0. The Morgan fingerprint density at radius 2 is 1.65 bits per heavy atom. The van der Waals surface area contributed by atoms with Crippen LogP contribution in [0.4, 0.5) is 0 Å². The highest BCUT2D eigenvalue weighted by molar-refractivity contribution is 7.98. The Morgan fingerprint density at radius 3 is 2.16 bits per heavy atom. The first-order valence-electron chi connectivity index (χ1n) is 11.8. The molecule has 0 aliphatic heterocycles. The van der Waals surface area contributed by atoms with Crippen LogP contribution in [0.25, 0.3) is 0 Å². The average Bonchev–Trinajstić information content (AvgIpc) is 2.79. The Balaban J connectivity index is 3.07. The minimum Gasteiger partial charge on any atom is -0.507 e. The number of benzene rings is 1. The minimum atomic E-state index is -1.24. The van der Waals surface area contributed by atoms with Crippen LogP contribution in [-0.2, 0) is 35.8 Å².